The highest BCUT2D eigenvalue weighted by molar-refractivity contribution is 7.99. The first-order valence-electron chi connectivity index (χ1n) is 4.97. The fourth-order valence-corrected chi connectivity index (χ4v) is 1.73. The smallest absolute Gasteiger partial charge is 0.189 e. The van der Waals surface area contributed by atoms with E-state index in [0.717, 1.165) is 23.8 Å². The van der Waals surface area contributed by atoms with Gasteiger partial charge in [-0.1, -0.05) is 6.92 Å². The molecule has 0 radical (unpaired) electrons. The average molecular weight is 236 g/mol. The minimum absolute atomic E-state index is 0.710. The standard InChI is InChI=1S/C9H12N6S/c1-2-3-11-7-4-10-5-8(14-7)16-9-12-6-13-15-9/h4-6H,2-3H2,1H3,(H,11,14)(H,12,13,15). The van der Waals surface area contributed by atoms with Crippen molar-refractivity contribution in [2.75, 3.05) is 11.9 Å². The number of nitrogens with one attached hydrogen (secondary N) is 2. The molecule has 0 aliphatic carbocycles. The number of aromatic nitrogens is 5. The van der Waals surface area contributed by atoms with Crippen LogP contribution in [0.25, 0.3) is 0 Å². The van der Waals surface area contributed by atoms with Crippen LogP contribution in [-0.2, 0) is 0 Å². The zero-order chi connectivity index (χ0) is 11.2. The second-order valence-electron chi connectivity index (χ2n) is 3.06. The van der Waals surface area contributed by atoms with Crippen molar-refractivity contribution in [3.63, 3.8) is 0 Å². The van der Waals surface area contributed by atoms with Crippen LogP contribution in [-0.4, -0.2) is 31.7 Å². The summed E-state index contributed by atoms with van der Waals surface area (Å²) in [4.78, 5) is 12.5. The Balaban J connectivity index is 2.04. The Morgan fingerprint density at radius 2 is 2.38 bits per heavy atom. The Morgan fingerprint density at radius 3 is 3.12 bits per heavy atom. The summed E-state index contributed by atoms with van der Waals surface area (Å²) < 4.78 is 0. The van der Waals surface area contributed by atoms with Crippen molar-refractivity contribution in [2.24, 2.45) is 0 Å². The summed E-state index contributed by atoms with van der Waals surface area (Å²) in [7, 11) is 0. The van der Waals surface area contributed by atoms with E-state index in [4.69, 9.17) is 0 Å². The average Bonchev–Trinajstić information content (AvgIpc) is 2.80. The lowest BCUT2D eigenvalue weighted by Gasteiger charge is -2.03. The molecular weight excluding hydrogens is 224 g/mol. The molecule has 0 saturated carbocycles. The predicted octanol–water partition coefficient (Wildman–Crippen LogP) is 1.57. The molecule has 2 aromatic heterocycles. The molecule has 0 bridgehead atoms. The van der Waals surface area contributed by atoms with E-state index in [0.29, 0.717) is 5.16 Å². The zero-order valence-corrected chi connectivity index (χ0v) is 9.66. The Kier molecular flexibility index (Phi) is 3.71. The molecule has 0 saturated heterocycles. The summed E-state index contributed by atoms with van der Waals surface area (Å²) in [5.41, 5.74) is 0. The normalized spacial score (nSPS) is 10.3. The molecule has 0 unspecified atom stereocenters. The Morgan fingerprint density at radius 1 is 1.44 bits per heavy atom. The lowest BCUT2D eigenvalue weighted by molar-refractivity contribution is 0.940. The first-order valence-corrected chi connectivity index (χ1v) is 5.79. The summed E-state index contributed by atoms with van der Waals surface area (Å²) in [6, 6.07) is 0. The fraction of sp³-hybridized carbons (Fsp3) is 0.333. The van der Waals surface area contributed by atoms with Crippen LogP contribution in [0.2, 0.25) is 0 Å². The van der Waals surface area contributed by atoms with E-state index in [2.05, 4.69) is 37.4 Å². The third kappa shape index (κ3) is 2.93. The highest BCUT2D eigenvalue weighted by atomic mass is 32.2. The van der Waals surface area contributed by atoms with E-state index in [-0.39, 0.29) is 0 Å². The molecule has 16 heavy (non-hydrogen) atoms. The van der Waals surface area contributed by atoms with E-state index in [9.17, 15) is 0 Å². The van der Waals surface area contributed by atoms with Crippen LogP contribution >= 0.6 is 11.8 Å². The summed E-state index contributed by atoms with van der Waals surface area (Å²) in [5, 5.41) is 11.2. The zero-order valence-electron chi connectivity index (χ0n) is 8.84. The maximum atomic E-state index is 4.39. The Bertz CT molecular complexity index is 429. The van der Waals surface area contributed by atoms with Crippen LogP contribution < -0.4 is 5.32 Å². The molecular formula is C9H12N6S. The Labute approximate surface area is 97.3 Å². The maximum absolute atomic E-state index is 4.39. The minimum atomic E-state index is 0.710. The lowest BCUT2D eigenvalue weighted by Crippen LogP contribution is -2.02. The van der Waals surface area contributed by atoms with Crippen molar-refractivity contribution < 1.29 is 0 Å². The van der Waals surface area contributed by atoms with Crippen molar-refractivity contribution in [1.29, 1.82) is 0 Å². The number of hydrogen-bond donors (Lipinski definition) is 2. The van der Waals surface area contributed by atoms with E-state index in [1.54, 1.807) is 12.4 Å². The van der Waals surface area contributed by atoms with Gasteiger partial charge in [0.25, 0.3) is 0 Å². The number of H-pyrrole nitrogens is 1. The summed E-state index contributed by atoms with van der Waals surface area (Å²) in [6.45, 7) is 3.00. The summed E-state index contributed by atoms with van der Waals surface area (Å²) in [6.07, 6.45) is 5.93. The van der Waals surface area contributed by atoms with Gasteiger partial charge in [0.1, 0.15) is 17.2 Å². The first-order chi connectivity index (χ1) is 7.88. The lowest BCUT2D eigenvalue weighted by atomic mass is 10.5. The predicted molar refractivity (Wildman–Crippen MR) is 61.3 cm³/mol. The van der Waals surface area contributed by atoms with Gasteiger partial charge in [0, 0.05) is 6.54 Å². The summed E-state index contributed by atoms with van der Waals surface area (Å²) >= 11 is 1.40. The van der Waals surface area contributed by atoms with Crippen molar-refractivity contribution in [3.05, 3.63) is 18.7 Å². The van der Waals surface area contributed by atoms with Crippen LogP contribution in [0.1, 0.15) is 13.3 Å². The molecule has 2 aromatic rings. The van der Waals surface area contributed by atoms with Gasteiger partial charge in [-0.25, -0.2) is 9.97 Å². The molecule has 0 aliphatic rings. The largest absolute Gasteiger partial charge is 0.369 e. The molecule has 0 fully saturated rings. The molecule has 2 heterocycles. The van der Waals surface area contributed by atoms with Crippen molar-refractivity contribution in [2.45, 2.75) is 23.5 Å². The number of rotatable bonds is 5. The second-order valence-corrected chi connectivity index (χ2v) is 4.07. The van der Waals surface area contributed by atoms with E-state index in [1.165, 1.54) is 18.1 Å². The van der Waals surface area contributed by atoms with Crippen LogP contribution in [0.3, 0.4) is 0 Å². The van der Waals surface area contributed by atoms with Crippen molar-refractivity contribution >= 4 is 17.6 Å². The maximum Gasteiger partial charge on any atom is 0.189 e. The van der Waals surface area contributed by atoms with Gasteiger partial charge in [-0.2, -0.15) is 5.10 Å². The van der Waals surface area contributed by atoms with Crippen LogP contribution in [0, 0.1) is 0 Å². The third-order valence-corrected chi connectivity index (χ3v) is 2.56. The topological polar surface area (TPSA) is 79.4 Å². The molecule has 0 amide bonds. The van der Waals surface area contributed by atoms with Gasteiger partial charge >= 0.3 is 0 Å². The number of anilines is 1. The second kappa shape index (κ2) is 5.45. The van der Waals surface area contributed by atoms with Gasteiger partial charge < -0.3 is 5.32 Å². The molecule has 2 N–H and O–H groups in total. The first kappa shape index (κ1) is 10.9. The highest BCUT2D eigenvalue weighted by Gasteiger charge is 2.02. The van der Waals surface area contributed by atoms with Gasteiger partial charge in [0.15, 0.2) is 5.16 Å². The molecule has 0 atom stereocenters. The van der Waals surface area contributed by atoms with Crippen LogP contribution in [0.4, 0.5) is 5.82 Å². The number of hydrogen-bond acceptors (Lipinski definition) is 6. The van der Waals surface area contributed by atoms with Gasteiger partial charge in [0.05, 0.1) is 12.4 Å². The SMILES string of the molecule is CCCNc1cncc(Sc2ncn[nH]2)n1. The minimum Gasteiger partial charge on any atom is -0.369 e. The fourth-order valence-electron chi connectivity index (χ4n) is 1.08. The molecule has 7 heteroatoms. The third-order valence-electron chi connectivity index (χ3n) is 1.76. The number of aromatic amines is 1. The summed E-state index contributed by atoms with van der Waals surface area (Å²) in [5.74, 6) is 0.784. The highest BCUT2D eigenvalue weighted by Crippen LogP contribution is 2.21. The molecule has 84 valence electrons. The Hall–Kier alpha value is -1.63. The monoisotopic (exact) mass is 236 g/mol. The molecule has 0 aliphatic heterocycles. The molecule has 2 rings (SSSR count). The molecule has 0 aromatic carbocycles. The van der Waals surface area contributed by atoms with Gasteiger partial charge in [0.2, 0.25) is 0 Å². The van der Waals surface area contributed by atoms with Crippen molar-refractivity contribution in [3.8, 4) is 0 Å². The van der Waals surface area contributed by atoms with E-state index >= 15 is 0 Å². The molecule has 6 nitrogen and oxygen atoms in total. The molecule has 0 spiro atoms. The van der Waals surface area contributed by atoms with E-state index in [1.807, 2.05) is 0 Å². The van der Waals surface area contributed by atoms with Crippen LogP contribution in [0.15, 0.2) is 28.9 Å². The number of nitrogens with zero attached hydrogens (tertiary/aromatic N) is 4. The van der Waals surface area contributed by atoms with Crippen molar-refractivity contribution in [1.82, 2.24) is 25.1 Å². The van der Waals surface area contributed by atoms with E-state index < -0.39 is 0 Å². The quantitative estimate of drug-likeness (QED) is 0.820. The van der Waals surface area contributed by atoms with Gasteiger partial charge in [-0.05, 0) is 18.2 Å². The van der Waals surface area contributed by atoms with Gasteiger partial charge in [-0.3, -0.25) is 10.1 Å². The van der Waals surface area contributed by atoms with Gasteiger partial charge in [-0.15, -0.1) is 0 Å². The van der Waals surface area contributed by atoms with Crippen LogP contribution in [0.5, 0.6) is 0 Å².